The molecule has 1 spiro atoms. The average Bonchev–Trinajstić information content (AvgIpc) is 2.40. The van der Waals surface area contributed by atoms with Crippen molar-refractivity contribution in [3.63, 3.8) is 0 Å². The smallest absolute Gasteiger partial charge is 0.0653 e. The van der Waals surface area contributed by atoms with Crippen molar-refractivity contribution in [2.75, 3.05) is 0 Å². The summed E-state index contributed by atoms with van der Waals surface area (Å²) < 4.78 is 0. The zero-order valence-electron chi connectivity index (χ0n) is 10.6. The van der Waals surface area contributed by atoms with Crippen LogP contribution in [0.1, 0.15) is 50.2 Å². The first kappa shape index (κ1) is 10.9. The first-order valence-corrected chi connectivity index (χ1v) is 6.90. The molecule has 0 saturated heterocycles. The Morgan fingerprint density at radius 1 is 1.29 bits per heavy atom. The molecule has 0 radical (unpaired) electrons. The van der Waals surface area contributed by atoms with E-state index < -0.39 is 0 Å². The molecule has 1 aliphatic carbocycles. The van der Waals surface area contributed by atoms with Crippen LogP contribution in [0.4, 0.5) is 0 Å². The Morgan fingerprint density at radius 3 is 3.06 bits per heavy atom. The van der Waals surface area contributed by atoms with Crippen molar-refractivity contribution in [1.29, 1.82) is 0 Å². The van der Waals surface area contributed by atoms with Gasteiger partial charge in [-0.2, -0.15) is 0 Å². The van der Waals surface area contributed by atoms with Gasteiger partial charge in [0.2, 0.25) is 0 Å². The zero-order valence-corrected chi connectivity index (χ0v) is 10.6. The van der Waals surface area contributed by atoms with Crippen molar-refractivity contribution in [1.82, 2.24) is 5.32 Å². The van der Waals surface area contributed by atoms with Crippen LogP contribution >= 0.6 is 0 Å². The average molecular weight is 227 g/mol. The third-order valence-corrected chi connectivity index (χ3v) is 4.61. The quantitative estimate of drug-likeness (QED) is 0.763. The summed E-state index contributed by atoms with van der Waals surface area (Å²) in [5.74, 6) is 0.780. The molecule has 0 aromatic heterocycles. The Balaban J connectivity index is 2.10. The molecule has 1 nitrogen and oxygen atoms in total. The van der Waals surface area contributed by atoms with Crippen LogP contribution in [0, 0.1) is 5.92 Å². The highest BCUT2D eigenvalue weighted by Crippen LogP contribution is 2.46. The highest BCUT2D eigenvalue weighted by atomic mass is 15.0. The predicted molar refractivity (Wildman–Crippen MR) is 72.5 cm³/mol. The van der Waals surface area contributed by atoms with Gasteiger partial charge in [0, 0.05) is 0 Å². The van der Waals surface area contributed by atoms with Crippen molar-refractivity contribution >= 4 is 6.08 Å². The molecule has 2 atom stereocenters. The summed E-state index contributed by atoms with van der Waals surface area (Å²) in [4.78, 5) is 0. The summed E-state index contributed by atoms with van der Waals surface area (Å²) in [6.45, 7) is 2.33. The normalized spacial score (nSPS) is 31.0. The number of nitrogens with one attached hydrogen (secondary N) is 1. The van der Waals surface area contributed by atoms with Gasteiger partial charge >= 0.3 is 0 Å². The Bertz CT molecular complexity index is 435. The molecule has 1 heterocycles. The lowest BCUT2D eigenvalue weighted by Crippen LogP contribution is -2.49. The Hall–Kier alpha value is -1.24. The predicted octanol–water partition coefficient (Wildman–Crippen LogP) is 4.06. The fraction of sp³-hybridized carbons (Fsp3) is 0.500. The van der Waals surface area contributed by atoms with Gasteiger partial charge in [-0.25, -0.2) is 0 Å². The summed E-state index contributed by atoms with van der Waals surface area (Å²) in [5, 5.41) is 3.71. The van der Waals surface area contributed by atoms with Crippen LogP contribution in [0.15, 0.2) is 30.5 Å². The molecule has 1 aromatic carbocycles. The number of fused-ring (bicyclic) bond motifs is 2. The van der Waals surface area contributed by atoms with Crippen LogP contribution < -0.4 is 5.32 Å². The molecular formula is C16H21N. The largest absolute Gasteiger partial charge is 0.381 e. The van der Waals surface area contributed by atoms with Crippen LogP contribution in [0.5, 0.6) is 0 Å². The highest BCUT2D eigenvalue weighted by molar-refractivity contribution is 5.58. The fourth-order valence-electron chi connectivity index (χ4n) is 3.75. The molecule has 2 aliphatic rings. The summed E-state index contributed by atoms with van der Waals surface area (Å²) in [6, 6.07) is 8.89. The van der Waals surface area contributed by atoms with Gasteiger partial charge in [-0.15, -0.1) is 0 Å². The van der Waals surface area contributed by atoms with Gasteiger partial charge in [0.25, 0.3) is 0 Å². The van der Waals surface area contributed by atoms with Crippen LogP contribution in [-0.4, -0.2) is 0 Å². The first-order chi connectivity index (χ1) is 8.37. The first-order valence-electron chi connectivity index (χ1n) is 6.90. The Morgan fingerprint density at radius 2 is 2.18 bits per heavy atom. The van der Waals surface area contributed by atoms with Gasteiger partial charge in [0.05, 0.1) is 5.54 Å². The zero-order chi connectivity index (χ0) is 11.7. The second-order valence-electron chi connectivity index (χ2n) is 5.39. The lowest BCUT2D eigenvalue weighted by Gasteiger charge is -2.47. The summed E-state index contributed by atoms with van der Waals surface area (Å²) in [6.07, 6.45) is 11.0. The monoisotopic (exact) mass is 227 g/mol. The molecular weight excluding hydrogens is 206 g/mol. The molecule has 1 heteroatoms. The van der Waals surface area contributed by atoms with Gasteiger partial charge < -0.3 is 5.32 Å². The number of hydrogen-bond donors (Lipinski definition) is 1. The Labute approximate surface area is 104 Å². The van der Waals surface area contributed by atoms with Crippen molar-refractivity contribution < 1.29 is 0 Å². The molecule has 1 N–H and O–H groups in total. The molecule has 1 fully saturated rings. The SMILES string of the molecule is CCC1CCCCC12NC=Cc1ccccc12. The minimum Gasteiger partial charge on any atom is -0.381 e. The van der Waals surface area contributed by atoms with E-state index in [1.807, 2.05) is 0 Å². The maximum atomic E-state index is 3.71. The topological polar surface area (TPSA) is 12.0 Å². The van der Waals surface area contributed by atoms with Crippen LogP contribution in [-0.2, 0) is 5.54 Å². The van der Waals surface area contributed by atoms with E-state index in [0.717, 1.165) is 5.92 Å². The maximum Gasteiger partial charge on any atom is 0.0653 e. The van der Waals surface area contributed by atoms with Crippen LogP contribution in [0.25, 0.3) is 6.08 Å². The van der Waals surface area contributed by atoms with E-state index in [2.05, 4.69) is 48.8 Å². The molecule has 0 bridgehead atoms. The Kier molecular flexibility index (Phi) is 2.70. The van der Waals surface area contributed by atoms with E-state index in [0.29, 0.717) is 0 Å². The van der Waals surface area contributed by atoms with Crippen LogP contribution in [0.3, 0.4) is 0 Å². The molecule has 0 amide bonds. The van der Waals surface area contributed by atoms with E-state index in [-0.39, 0.29) is 5.54 Å². The minimum atomic E-state index is 0.221. The molecule has 2 unspecified atom stereocenters. The summed E-state index contributed by atoms with van der Waals surface area (Å²) in [7, 11) is 0. The molecule has 1 aromatic rings. The maximum absolute atomic E-state index is 3.71. The van der Waals surface area contributed by atoms with Crippen molar-refractivity contribution in [3.8, 4) is 0 Å². The molecule has 1 saturated carbocycles. The molecule has 3 rings (SSSR count). The number of hydrogen-bond acceptors (Lipinski definition) is 1. The van der Waals surface area contributed by atoms with E-state index in [4.69, 9.17) is 0 Å². The summed E-state index contributed by atoms with van der Waals surface area (Å²) >= 11 is 0. The van der Waals surface area contributed by atoms with Crippen molar-refractivity contribution in [2.24, 2.45) is 5.92 Å². The molecule has 90 valence electrons. The van der Waals surface area contributed by atoms with E-state index in [1.54, 1.807) is 0 Å². The second kappa shape index (κ2) is 4.21. The molecule has 17 heavy (non-hydrogen) atoms. The standard InChI is InChI=1S/C16H21N/c1-2-14-8-5-6-11-16(14)15-9-4-3-7-13(15)10-12-17-16/h3-4,7,9-10,12,14,17H,2,5-6,8,11H2,1H3. The number of rotatable bonds is 1. The molecule has 1 aliphatic heterocycles. The van der Waals surface area contributed by atoms with Gasteiger partial charge in [-0.3, -0.25) is 0 Å². The van der Waals surface area contributed by atoms with E-state index in [1.165, 1.54) is 43.2 Å². The fourth-order valence-corrected chi connectivity index (χ4v) is 3.75. The lowest BCUT2D eigenvalue weighted by atomic mass is 9.66. The van der Waals surface area contributed by atoms with Gasteiger partial charge in [0.15, 0.2) is 0 Å². The van der Waals surface area contributed by atoms with E-state index >= 15 is 0 Å². The third-order valence-electron chi connectivity index (χ3n) is 4.61. The second-order valence-corrected chi connectivity index (χ2v) is 5.39. The minimum absolute atomic E-state index is 0.221. The van der Waals surface area contributed by atoms with E-state index in [9.17, 15) is 0 Å². The van der Waals surface area contributed by atoms with Gasteiger partial charge in [0.1, 0.15) is 0 Å². The van der Waals surface area contributed by atoms with Gasteiger partial charge in [-0.1, -0.05) is 50.5 Å². The van der Waals surface area contributed by atoms with Crippen molar-refractivity contribution in [3.05, 3.63) is 41.6 Å². The third kappa shape index (κ3) is 1.60. The number of benzene rings is 1. The van der Waals surface area contributed by atoms with Gasteiger partial charge in [-0.05, 0) is 42.2 Å². The lowest BCUT2D eigenvalue weighted by molar-refractivity contribution is 0.151. The summed E-state index contributed by atoms with van der Waals surface area (Å²) in [5.41, 5.74) is 3.15. The highest BCUT2D eigenvalue weighted by Gasteiger charge is 2.42. The van der Waals surface area contributed by atoms with Crippen LogP contribution in [0.2, 0.25) is 0 Å². The van der Waals surface area contributed by atoms with Crippen molar-refractivity contribution in [2.45, 2.75) is 44.6 Å².